The highest BCUT2D eigenvalue weighted by molar-refractivity contribution is 5.16. The average molecular weight is 247 g/mol. The Bertz CT molecular complexity index is 398. The molecule has 2 N–H and O–H groups in total. The smallest absolute Gasteiger partial charge is 0.0668 e. The van der Waals surface area contributed by atoms with Crippen molar-refractivity contribution < 1.29 is 10.2 Å². The molecule has 0 aliphatic carbocycles. The van der Waals surface area contributed by atoms with Gasteiger partial charge in [-0.25, -0.2) is 0 Å². The predicted molar refractivity (Wildman–Crippen MR) is 73.1 cm³/mol. The second kappa shape index (κ2) is 7.80. The lowest BCUT2D eigenvalue weighted by atomic mass is 9.91. The third kappa shape index (κ3) is 4.43. The number of nitrogens with zero attached hydrogens (tertiary/aromatic N) is 1. The van der Waals surface area contributed by atoms with Crippen molar-refractivity contribution in [2.45, 2.75) is 26.4 Å². The number of aliphatic hydroxyl groups excluding tert-OH is 2. The Morgan fingerprint density at radius 2 is 2.28 bits per heavy atom. The molecule has 3 nitrogen and oxygen atoms in total. The van der Waals surface area contributed by atoms with Gasteiger partial charge in [0.1, 0.15) is 0 Å². The highest BCUT2D eigenvalue weighted by Gasteiger charge is 2.20. The van der Waals surface area contributed by atoms with E-state index in [9.17, 15) is 10.2 Å². The first-order chi connectivity index (χ1) is 8.69. The average Bonchev–Trinajstić information content (AvgIpc) is 2.38. The van der Waals surface area contributed by atoms with Crippen LogP contribution in [-0.2, 0) is 6.42 Å². The van der Waals surface area contributed by atoms with Crippen LogP contribution in [0.1, 0.15) is 19.4 Å². The molecule has 0 amide bonds. The van der Waals surface area contributed by atoms with Crippen LogP contribution in [0.3, 0.4) is 0 Å². The van der Waals surface area contributed by atoms with E-state index in [2.05, 4.69) is 4.98 Å². The van der Waals surface area contributed by atoms with Crippen LogP contribution < -0.4 is 0 Å². The number of aliphatic hydroxyl groups is 2. The maximum Gasteiger partial charge on any atom is 0.0668 e. The fourth-order valence-corrected chi connectivity index (χ4v) is 1.84. The van der Waals surface area contributed by atoms with Gasteiger partial charge < -0.3 is 10.2 Å². The van der Waals surface area contributed by atoms with Crippen molar-refractivity contribution in [2.24, 2.45) is 5.92 Å². The van der Waals surface area contributed by atoms with Crippen molar-refractivity contribution in [3.8, 4) is 0 Å². The minimum Gasteiger partial charge on any atom is -0.396 e. The van der Waals surface area contributed by atoms with Crippen LogP contribution in [0.5, 0.6) is 0 Å². The zero-order chi connectivity index (χ0) is 13.4. The number of hydrogen-bond acceptors (Lipinski definition) is 3. The van der Waals surface area contributed by atoms with E-state index in [0.717, 1.165) is 11.1 Å². The van der Waals surface area contributed by atoms with Crippen LogP contribution in [-0.4, -0.2) is 27.9 Å². The number of rotatable bonds is 6. The van der Waals surface area contributed by atoms with Crippen molar-refractivity contribution in [3.05, 3.63) is 53.9 Å². The van der Waals surface area contributed by atoms with E-state index < -0.39 is 6.10 Å². The number of allylic oxidation sites excluding steroid dienone is 3. The highest BCUT2D eigenvalue weighted by Crippen LogP contribution is 2.18. The van der Waals surface area contributed by atoms with E-state index in [1.807, 2.05) is 44.2 Å². The fraction of sp³-hybridized carbons (Fsp3) is 0.400. The lowest BCUT2D eigenvalue weighted by molar-refractivity contribution is 0.0862. The Balaban J connectivity index is 2.71. The maximum absolute atomic E-state index is 10.2. The van der Waals surface area contributed by atoms with Gasteiger partial charge in [0.25, 0.3) is 0 Å². The van der Waals surface area contributed by atoms with Crippen LogP contribution in [0.15, 0.2) is 48.3 Å². The molecule has 1 aromatic rings. The molecule has 0 aliphatic rings. The van der Waals surface area contributed by atoms with E-state index in [1.165, 1.54) is 0 Å². The molecule has 18 heavy (non-hydrogen) atoms. The minimum absolute atomic E-state index is 0.0542. The first kappa shape index (κ1) is 14.6. The standard InChI is InChI=1S/C15H21NO2/c1-3-4-6-12(2)14(11-17)15(18)9-13-7-5-8-16-10-13/h3-8,10,14-15,17-18H,9,11H2,1-2H3/b4-3-,12-6+. The van der Waals surface area contributed by atoms with Gasteiger partial charge in [0.2, 0.25) is 0 Å². The highest BCUT2D eigenvalue weighted by atomic mass is 16.3. The molecular weight excluding hydrogens is 226 g/mol. The molecule has 0 spiro atoms. The number of aromatic nitrogens is 1. The lowest BCUT2D eigenvalue weighted by Crippen LogP contribution is -2.27. The molecule has 2 unspecified atom stereocenters. The largest absolute Gasteiger partial charge is 0.396 e. The predicted octanol–water partition coefficient (Wildman–Crippen LogP) is 2.12. The van der Waals surface area contributed by atoms with Gasteiger partial charge in [0.15, 0.2) is 0 Å². The van der Waals surface area contributed by atoms with Gasteiger partial charge in [0.05, 0.1) is 12.7 Å². The molecule has 1 aromatic heterocycles. The van der Waals surface area contributed by atoms with E-state index in [-0.39, 0.29) is 12.5 Å². The summed E-state index contributed by atoms with van der Waals surface area (Å²) in [6.07, 6.45) is 9.10. The SMILES string of the molecule is C/C=C\C=C(/C)C(CO)C(O)Cc1cccnc1. The summed E-state index contributed by atoms with van der Waals surface area (Å²) >= 11 is 0. The Morgan fingerprint density at radius 1 is 1.50 bits per heavy atom. The van der Waals surface area contributed by atoms with Gasteiger partial charge in [-0.2, -0.15) is 0 Å². The van der Waals surface area contributed by atoms with Crippen LogP contribution >= 0.6 is 0 Å². The van der Waals surface area contributed by atoms with Crippen LogP contribution in [0.4, 0.5) is 0 Å². The summed E-state index contributed by atoms with van der Waals surface area (Å²) in [4.78, 5) is 4.02. The van der Waals surface area contributed by atoms with Crippen LogP contribution in [0.25, 0.3) is 0 Å². The van der Waals surface area contributed by atoms with Crippen molar-refractivity contribution in [1.29, 1.82) is 0 Å². The molecule has 0 bridgehead atoms. The molecular formula is C15H21NO2. The van der Waals surface area contributed by atoms with E-state index in [1.54, 1.807) is 12.4 Å². The third-order valence-corrected chi connectivity index (χ3v) is 2.97. The normalized spacial score (nSPS) is 15.9. The molecule has 3 heteroatoms. The van der Waals surface area contributed by atoms with Gasteiger partial charge in [0, 0.05) is 24.7 Å². The first-order valence-corrected chi connectivity index (χ1v) is 6.16. The number of hydrogen-bond donors (Lipinski definition) is 2. The third-order valence-electron chi connectivity index (χ3n) is 2.97. The van der Waals surface area contributed by atoms with Crippen molar-refractivity contribution in [2.75, 3.05) is 6.61 Å². The van der Waals surface area contributed by atoms with Crippen molar-refractivity contribution in [3.63, 3.8) is 0 Å². The first-order valence-electron chi connectivity index (χ1n) is 6.16. The summed E-state index contributed by atoms with van der Waals surface area (Å²) in [6, 6.07) is 3.77. The Labute approximate surface area is 109 Å². The Hall–Kier alpha value is -1.45. The lowest BCUT2D eigenvalue weighted by Gasteiger charge is -2.21. The minimum atomic E-state index is -0.597. The van der Waals surface area contributed by atoms with Crippen molar-refractivity contribution in [1.82, 2.24) is 4.98 Å². The molecule has 98 valence electrons. The maximum atomic E-state index is 10.2. The van der Waals surface area contributed by atoms with E-state index >= 15 is 0 Å². The summed E-state index contributed by atoms with van der Waals surface area (Å²) in [5.41, 5.74) is 1.95. The van der Waals surface area contributed by atoms with Gasteiger partial charge in [-0.15, -0.1) is 0 Å². The summed E-state index contributed by atoms with van der Waals surface area (Å²) in [5, 5.41) is 19.6. The summed E-state index contributed by atoms with van der Waals surface area (Å²) in [5.74, 6) is -0.235. The zero-order valence-electron chi connectivity index (χ0n) is 11.0. The molecule has 0 aromatic carbocycles. The molecule has 0 radical (unpaired) electrons. The fourth-order valence-electron chi connectivity index (χ4n) is 1.84. The second-order valence-corrected chi connectivity index (χ2v) is 4.36. The molecule has 0 saturated heterocycles. The summed E-state index contributed by atoms with van der Waals surface area (Å²) in [6.45, 7) is 3.80. The molecule has 1 rings (SSSR count). The second-order valence-electron chi connectivity index (χ2n) is 4.36. The van der Waals surface area contributed by atoms with Gasteiger partial charge in [-0.05, 0) is 25.5 Å². The zero-order valence-corrected chi connectivity index (χ0v) is 11.0. The molecule has 1 heterocycles. The molecule has 2 atom stereocenters. The van der Waals surface area contributed by atoms with Gasteiger partial charge >= 0.3 is 0 Å². The van der Waals surface area contributed by atoms with Crippen LogP contribution in [0.2, 0.25) is 0 Å². The van der Waals surface area contributed by atoms with Crippen LogP contribution in [0, 0.1) is 5.92 Å². The molecule has 0 fully saturated rings. The summed E-state index contributed by atoms with van der Waals surface area (Å²) in [7, 11) is 0. The Morgan fingerprint density at radius 3 is 2.83 bits per heavy atom. The molecule has 0 aliphatic heterocycles. The quantitative estimate of drug-likeness (QED) is 0.757. The topological polar surface area (TPSA) is 53.4 Å². The molecule has 0 saturated carbocycles. The van der Waals surface area contributed by atoms with E-state index in [4.69, 9.17) is 0 Å². The van der Waals surface area contributed by atoms with Gasteiger partial charge in [-0.3, -0.25) is 4.98 Å². The van der Waals surface area contributed by atoms with Gasteiger partial charge in [-0.1, -0.05) is 29.9 Å². The Kier molecular flexibility index (Phi) is 6.33. The number of pyridine rings is 1. The monoisotopic (exact) mass is 247 g/mol. The summed E-state index contributed by atoms with van der Waals surface area (Å²) < 4.78 is 0. The van der Waals surface area contributed by atoms with Crippen molar-refractivity contribution >= 4 is 0 Å². The van der Waals surface area contributed by atoms with E-state index in [0.29, 0.717) is 6.42 Å².